The third-order valence-electron chi connectivity index (χ3n) is 3.45. The highest BCUT2D eigenvalue weighted by molar-refractivity contribution is 5.85. The summed E-state index contributed by atoms with van der Waals surface area (Å²) in [5.74, 6) is -1.06. The van der Waals surface area contributed by atoms with Crippen LogP contribution in [0.15, 0.2) is 24.3 Å². The van der Waals surface area contributed by atoms with Gasteiger partial charge in [0.15, 0.2) is 12.1 Å². The maximum atomic E-state index is 11.2. The van der Waals surface area contributed by atoms with Crippen LogP contribution >= 0.6 is 0 Å². The van der Waals surface area contributed by atoms with Crippen molar-refractivity contribution in [2.75, 3.05) is 13.2 Å². The minimum atomic E-state index is -0.702. The van der Waals surface area contributed by atoms with Crippen molar-refractivity contribution >= 4 is 5.97 Å². The molecule has 0 aromatic heterocycles. The van der Waals surface area contributed by atoms with Gasteiger partial charge in [-0.3, -0.25) is 0 Å². The largest absolute Gasteiger partial charge is 0.458 e. The van der Waals surface area contributed by atoms with Gasteiger partial charge < -0.3 is 23.7 Å². The van der Waals surface area contributed by atoms with E-state index in [9.17, 15) is 4.79 Å². The molecule has 0 aromatic rings. The maximum absolute atomic E-state index is 11.2. The Hall–Kier alpha value is -1.21. The van der Waals surface area contributed by atoms with Gasteiger partial charge in [-0.25, -0.2) is 4.79 Å². The van der Waals surface area contributed by atoms with Crippen LogP contribution in [-0.4, -0.2) is 49.6 Å². The zero-order valence-electron chi connectivity index (χ0n) is 11.5. The summed E-state index contributed by atoms with van der Waals surface area (Å²) in [5, 5.41) is 0. The van der Waals surface area contributed by atoms with Gasteiger partial charge in [-0.1, -0.05) is 6.08 Å². The first kappa shape index (κ1) is 13.8. The molecule has 0 bridgehead atoms. The number of carbonyl (C=O) groups excluding carboxylic acids is 1. The van der Waals surface area contributed by atoms with Crippen LogP contribution in [0.4, 0.5) is 0 Å². The van der Waals surface area contributed by atoms with Gasteiger partial charge in [0, 0.05) is 11.6 Å². The van der Waals surface area contributed by atoms with Gasteiger partial charge in [-0.05, 0) is 13.8 Å². The fraction of sp³-hybridized carbons (Fsp3) is 0.643. The average Bonchev–Trinajstić information content (AvgIpc) is 2.99. The highest BCUT2D eigenvalue weighted by Crippen LogP contribution is 2.41. The first-order chi connectivity index (χ1) is 9.50. The molecule has 0 saturated carbocycles. The number of fused-ring (bicyclic) bond motifs is 1. The minimum absolute atomic E-state index is 0.223. The van der Waals surface area contributed by atoms with Gasteiger partial charge in [-0.2, -0.15) is 0 Å². The molecule has 0 unspecified atom stereocenters. The molecule has 0 N–H and O–H groups in total. The molecule has 20 heavy (non-hydrogen) atoms. The van der Waals surface area contributed by atoms with Crippen LogP contribution in [0.3, 0.4) is 0 Å². The van der Waals surface area contributed by atoms with E-state index in [1.165, 1.54) is 6.08 Å². The van der Waals surface area contributed by atoms with Crippen molar-refractivity contribution in [2.24, 2.45) is 0 Å². The lowest BCUT2D eigenvalue weighted by molar-refractivity contribution is -0.213. The van der Waals surface area contributed by atoms with Crippen molar-refractivity contribution in [3.63, 3.8) is 0 Å². The van der Waals surface area contributed by atoms with Crippen molar-refractivity contribution in [3.8, 4) is 0 Å². The standard InChI is InChI=1S/C14H18O6/c1-4-5-16-11-10(8-6-9(15)17-7-8)18-13-12(11)19-14(2,3)20-13/h4,6,10-13H,1,5,7H2,2-3H3/t10-,11+,12-,13-/m1/s1. The zero-order chi connectivity index (χ0) is 14.3. The van der Waals surface area contributed by atoms with Crippen LogP contribution in [0.1, 0.15) is 13.8 Å². The van der Waals surface area contributed by atoms with Gasteiger partial charge in [0.1, 0.15) is 24.9 Å². The minimum Gasteiger partial charge on any atom is -0.458 e. The Morgan fingerprint density at radius 3 is 2.95 bits per heavy atom. The van der Waals surface area contributed by atoms with Crippen molar-refractivity contribution in [2.45, 2.75) is 44.2 Å². The molecule has 110 valence electrons. The van der Waals surface area contributed by atoms with Crippen LogP contribution in [-0.2, 0) is 28.5 Å². The number of hydrogen-bond donors (Lipinski definition) is 0. The molecule has 3 aliphatic rings. The molecule has 0 radical (unpaired) electrons. The fourth-order valence-corrected chi connectivity index (χ4v) is 2.69. The van der Waals surface area contributed by atoms with Gasteiger partial charge in [0.05, 0.1) is 6.61 Å². The summed E-state index contributed by atoms with van der Waals surface area (Å²) < 4.78 is 28.1. The Balaban J connectivity index is 1.79. The van der Waals surface area contributed by atoms with Crippen LogP contribution < -0.4 is 0 Å². The number of carbonyl (C=O) groups is 1. The van der Waals surface area contributed by atoms with E-state index in [4.69, 9.17) is 23.7 Å². The first-order valence-corrected chi connectivity index (χ1v) is 6.61. The van der Waals surface area contributed by atoms with Gasteiger partial charge in [-0.15, -0.1) is 6.58 Å². The molecular weight excluding hydrogens is 264 g/mol. The summed E-state index contributed by atoms with van der Waals surface area (Å²) in [6.07, 6.45) is 1.54. The molecule has 0 aliphatic carbocycles. The smallest absolute Gasteiger partial charge is 0.331 e. The molecular formula is C14H18O6. The lowest BCUT2D eigenvalue weighted by Gasteiger charge is -2.25. The number of rotatable bonds is 4. The van der Waals surface area contributed by atoms with Crippen LogP contribution in [0, 0.1) is 0 Å². The maximum Gasteiger partial charge on any atom is 0.331 e. The number of esters is 1. The Morgan fingerprint density at radius 1 is 1.50 bits per heavy atom. The second-order valence-electron chi connectivity index (χ2n) is 5.44. The predicted octanol–water partition coefficient (Wildman–Crippen LogP) is 0.917. The number of hydrogen-bond acceptors (Lipinski definition) is 6. The highest BCUT2D eigenvalue weighted by Gasteiger charge is 2.56. The number of ether oxygens (including phenoxy) is 5. The topological polar surface area (TPSA) is 63.2 Å². The zero-order valence-corrected chi connectivity index (χ0v) is 11.5. The van der Waals surface area contributed by atoms with E-state index < -0.39 is 18.2 Å². The van der Waals surface area contributed by atoms with Gasteiger partial charge in [0.2, 0.25) is 0 Å². The molecule has 2 fully saturated rings. The summed E-state index contributed by atoms with van der Waals surface area (Å²) in [7, 11) is 0. The summed E-state index contributed by atoms with van der Waals surface area (Å²) in [6.45, 7) is 7.89. The summed E-state index contributed by atoms with van der Waals surface area (Å²) in [4.78, 5) is 11.2. The molecule has 3 rings (SSSR count). The second kappa shape index (κ2) is 4.96. The predicted molar refractivity (Wildman–Crippen MR) is 67.7 cm³/mol. The van der Waals surface area contributed by atoms with Crippen molar-refractivity contribution in [3.05, 3.63) is 24.3 Å². The monoisotopic (exact) mass is 282 g/mol. The molecule has 0 amide bonds. The Morgan fingerprint density at radius 2 is 2.30 bits per heavy atom. The van der Waals surface area contributed by atoms with Crippen LogP contribution in [0.5, 0.6) is 0 Å². The van der Waals surface area contributed by atoms with E-state index in [1.54, 1.807) is 6.08 Å². The molecule has 6 heteroatoms. The summed E-state index contributed by atoms with van der Waals surface area (Å²) in [5.41, 5.74) is 0.753. The lowest BCUT2D eigenvalue weighted by Crippen LogP contribution is -2.38. The van der Waals surface area contributed by atoms with Crippen molar-refractivity contribution in [1.29, 1.82) is 0 Å². The second-order valence-corrected chi connectivity index (χ2v) is 5.44. The third-order valence-corrected chi connectivity index (χ3v) is 3.45. The highest BCUT2D eigenvalue weighted by atomic mass is 16.8. The van der Waals surface area contributed by atoms with E-state index in [1.807, 2.05) is 13.8 Å². The van der Waals surface area contributed by atoms with Gasteiger partial charge in [0.25, 0.3) is 0 Å². The SMILES string of the molecule is C=CCO[C@@H]1[C@H]2OC(C)(C)O[C@H]2O[C@@H]1C1=CC(=O)OC1. The van der Waals surface area contributed by atoms with Crippen LogP contribution in [0.25, 0.3) is 0 Å². The average molecular weight is 282 g/mol. The van der Waals surface area contributed by atoms with Crippen molar-refractivity contribution < 1.29 is 28.5 Å². The molecule has 3 heterocycles. The third kappa shape index (κ3) is 2.40. The molecule has 2 saturated heterocycles. The Labute approximate surface area is 117 Å². The first-order valence-electron chi connectivity index (χ1n) is 6.61. The van der Waals surface area contributed by atoms with Gasteiger partial charge >= 0.3 is 5.97 Å². The molecule has 6 nitrogen and oxygen atoms in total. The fourth-order valence-electron chi connectivity index (χ4n) is 2.69. The van der Waals surface area contributed by atoms with E-state index >= 15 is 0 Å². The van der Waals surface area contributed by atoms with E-state index in [-0.39, 0.29) is 24.8 Å². The van der Waals surface area contributed by atoms with E-state index in [0.29, 0.717) is 6.61 Å². The normalized spacial score (nSPS) is 38.5. The summed E-state index contributed by atoms with van der Waals surface area (Å²) >= 11 is 0. The quantitative estimate of drug-likeness (QED) is 0.564. The summed E-state index contributed by atoms with van der Waals surface area (Å²) in [6, 6.07) is 0. The lowest BCUT2D eigenvalue weighted by atomic mass is 10.0. The Bertz CT molecular complexity index is 455. The molecule has 0 aromatic carbocycles. The molecule has 0 spiro atoms. The molecule has 3 aliphatic heterocycles. The number of cyclic esters (lactones) is 1. The molecule has 4 atom stereocenters. The van der Waals surface area contributed by atoms with E-state index in [2.05, 4.69) is 6.58 Å². The van der Waals surface area contributed by atoms with Crippen molar-refractivity contribution in [1.82, 2.24) is 0 Å². The Kier molecular flexibility index (Phi) is 3.41. The van der Waals surface area contributed by atoms with E-state index in [0.717, 1.165) is 5.57 Å². The van der Waals surface area contributed by atoms with Crippen LogP contribution in [0.2, 0.25) is 0 Å².